The summed E-state index contributed by atoms with van der Waals surface area (Å²) in [5, 5.41) is 3.96. The first kappa shape index (κ1) is 10.2. The maximum atomic E-state index is 11.2. The zero-order valence-electron chi connectivity index (χ0n) is 7.85. The highest BCUT2D eigenvalue weighted by Gasteiger charge is 1.98. The fourth-order valence-electron chi connectivity index (χ4n) is 0.905. The van der Waals surface area contributed by atoms with Crippen molar-refractivity contribution in [1.82, 2.24) is 9.78 Å². The SMILES string of the molecule is C=CCOc1ccc(=O)n(CC=C)n1. The molecule has 4 nitrogen and oxygen atoms in total. The van der Waals surface area contributed by atoms with Crippen LogP contribution in [0.25, 0.3) is 0 Å². The second kappa shape index (κ2) is 5.01. The van der Waals surface area contributed by atoms with Gasteiger partial charge >= 0.3 is 0 Å². The Bertz CT molecular complexity index is 382. The van der Waals surface area contributed by atoms with Crippen molar-refractivity contribution in [1.29, 1.82) is 0 Å². The zero-order valence-corrected chi connectivity index (χ0v) is 7.85. The van der Waals surface area contributed by atoms with Crippen molar-refractivity contribution < 1.29 is 4.74 Å². The topological polar surface area (TPSA) is 44.1 Å². The highest BCUT2D eigenvalue weighted by atomic mass is 16.5. The van der Waals surface area contributed by atoms with Gasteiger partial charge in [-0.25, -0.2) is 4.68 Å². The molecule has 0 amide bonds. The average molecular weight is 192 g/mol. The Morgan fingerprint density at radius 2 is 2.21 bits per heavy atom. The molecule has 0 unspecified atom stereocenters. The van der Waals surface area contributed by atoms with Crippen LogP contribution < -0.4 is 10.3 Å². The number of nitrogens with zero attached hydrogens (tertiary/aromatic N) is 2. The van der Waals surface area contributed by atoms with Gasteiger partial charge in [-0.15, -0.1) is 11.7 Å². The lowest BCUT2D eigenvalue weighted by atomic mass is 10.5. The molecule has 0 saturated heterocycles. The van der Waals surface area contributed by atoms with Crippen molar-refractivity contribution in [2.24, 2.45) is 0 Å². The molecule has 4 heteroatoms. The fraction of sp³-hybridized carbons (Fsp3) is 0.200. The van der Waals surface area contributed by atoms with Crippen LogP contribution in [0.5, 0.6) is 5.88 Å². The maximum Gasteiger partial charge on any atom is 0.267 e. The number of aromatic nitrogens is 2. The van der Waals surface area contributed by atoms with Crippen molar-refractivity contribution in [3.8, 4) is 5.88 Å². The van der Waals surface area contributed by atoms with Gasteiger partial charge in [0.2, 0.25) is 5.88 Å². The van der Waals surface area contributed by atoms with Gasteiger partial charge in [0.05, 0.1) is 6.54 Å². The van der Waals surface area contributed by atoms with Crippen LogP contribution >= 0.6 is 0 Å². The van der Waals surface area contributed by atoms with Crippen LogP contribution in [0.1, 0.15) is 0 Å². The van der Waals surface area contributed by atoms with Gasteiger partial charge in [-0.05, 0) is 0 Å². The molecule has 0 aliphatic rings. The Hall–Kier alpha value is -1.84. The number of hydrogen-bond acceptors (Lipinski definition) is 3. The summed E-state index contributed by atoms with van der Waals surface area (Å²) in [5.74, 6) is 0.409. The Balaban J connectivity index is 2.87. The number of ether oxygens (including phenoxy) is 1. The van der Waals surface area contributed by atoms with E-state index in [1.54, 1.807) is 12.2 Å². The van der Waals surface area contributed by atoms with E-state index in [9.17, 15) is 4.79 Å². The number of hydrogen-bond donors (Lipinski definition) is 0. The lowest BCUT2D eigenvalue weighted by Crippen LogP contribution is -2.21. The lowest BCUT2D eigenvalue weighted by molar-refractivity contribution is 0.335. The van der Waals surface area contributed by atoms with E-state index in [-0.39, 0.29) is 5.56 Å². The van der Waals surface area contributed by atoms with E-state index < -0.39 is 0 Å². The molecule has 0 saturated carbocycles. The molecule has 1 heterocycles. The molecule has 74 valence electrons. The van der Waals surface area contributed by atoms with Crippen molar-refractivity contribution in [2.45, 2.75) is 6.54 Å². The highest BCUT2D eigenvalue weighted by molar-refractivity contribution is 5.07. The third-order valence-electron chi connectivity index (χ3n) is 1.49. The van der Waals surface area contributed by atoms with Gasteiger partial charge in [0.15, 0.2) is 0 Å². The van der Waals surface area contributed by atoms with Crippen molar-refractivity contribution >= 4 is 0 Å². The van der Waals surface area contributed by atoms with Gasteiger partial charge in [-0.3, -0.25) is 4.79 Å². The van der Waals surface area contributed by atoms with Crippen LogP contribution in [0.3, 0.4) is 0 Å². The minimum absolute atomic E-state index is 0.171. The Morgan fingerprint density at radius 1 is 1.43 bits per heavy atom. The molecular weight excluding hydrogens is 180 g/mol. The summed E-state index contributed by atoms with van der Waals surface area (Å²) in [6, 6.07) is 2.94. The first-order valence-corrected chi connectivity index (χ1v) is 4.20. The van der Waals surface area contributed by atoms with Gasteiger partial charge in [0.25, 0.3) is 5.56 Å². The van der Waals surface area contributed by atoms with Gasteiger partial charge < -0.3 is 4.74 Å². The van der Waals surface area contributed by atoms with E-state index in [2.05, 4.69) is 18.3 Å². The second-order valence-electron chi connectivity index (χ2n) is 2.58. The van der Waals surface area contributed by atoms with Crippen LogP contribution in [-0.2, 0) is 6.54 Å². The van der Waals surface area contributed by atoms with E-state index in [1.807, 2.05) is 0 Å². The summed E-state index contributed by atoms with van der Waals surface area (Å²) in [5.41, 5.74) is -0.171. The van der Waals surface area contributed by atoms with Gasteiger partial charge in [0, 0.05) is 12.1 Å². The third kappa shape index (κ3) is 2.58. The predicted molar refractivity (Wildman–Crippen MR) is 54.4 cm³/mol. The molecule has 0 N–H and O–H groups in total. The van der Waals surface area contributed by atoms with Gasteiger partial charge in [-0.1, -0.05) is 18.7 Å². The van der Waals surface area contributed by atoms with Crippen LogP contribution in [0, 0.1) is 0 Å². The molecule has 0 bridgehead atoms. The largest absolute Gasteiger partial charge is 0.472 e. The molecule has 0 fully saturated rings. The van der Waals surface area contributed by atoms with E-state index in [0.29, 0.717) is 19.0 Å². The van der Waals surface area contributed by atoms with E-state index >= 15 is 0 Å². The van der Waals surface area contributed by atoms with Crippen LogP contribution in [0.2, 0.25) is 0 Å². The third-order valence-corrected chi connectivity index (χ3v) is 1.49. The van der Waals surface area contributed by atoms with Crippen LogP contribution in [0.4, 0.5) is 0 Å². The Kier molecular flexibility index (Phi) is 3.67. The molecule has 0 spiro atoms. The van der Waals surface area contributed by atoms with Crippen molar-refractivity contribution in [3.63, 3.8) is 0 Å². The van der Waals surface area contributed by atoms with Crippen molar-refractivity contribution in [3.05, 3.63) is 47.8 Å². The maximum absolute atomic E-state index is 11.2. The molecular formula is C10H12N2O2. The predicted octanol–water partition coefficient (Wildman–Crippen LogP) is 0.994. The van der Waals surface area contributed by atoms with E-state index in [4.69, 9.17) is 4.74 Å². The second-order valence-corrected chi connectivity index (χ2v) is 2.58. The number of rotatable bonds is 5. The minimum atomic E-state index is -0.171. The Labute approximate surface area is 82.1 Å². The van der Waals surface area contributed by atoms with Crippen LogP contribution in [-0.4, -0.2) is 16.4 Å². The van der Waals surface area contributed by atoms with Gasteiger partial charge in [-0.2, -0.15) is 0 Å². The van der Waals surface area contributed by atoms with Gasteiger partial charge in [0.1, 0.15) is 6.61 Å². The molecule has 0 aliphatic carbocycles. The smallest absolute Gasteiger partial charge is 0.267 e. The quantitative estimate of drug-likeness (QED) is 0.653. The van der Waals surface area contributed by atoms with Crippen LogP contribution in [0.15, 0.2) is 42.2 Å². The molecule has 0 aromatic carbocycles. The standard InChI is InChI=1S/C10H12N2O2/c1-3-7-12-10(13)6-5-9(11-12)14-8-4-2/h3-6H,1-2,7-8H2. The fourth-order valence-corrected chi connectivity index (χ4v) is 0.905. The molecule has 1 aromatic rings. The minimum Gasteiger partial charge on any atom is -0.472 e. The molecule has 1 aromatic heterocycles. The lowest BCUT2D eigenvalue weighted by Gasteiger charge is -2.04. The summed E-state index contributed by atoms with van der Waals surface area (Å²) in [7, 11) is 0. The monoisotopic (exact) mass is 192 g/mol. The number of allylic oxidation sites excluding steroid dienone is 1. The normalized spacial score (nSPS) is 9.43. The molecule has 14 heavy (non-hydrogen) atoms. The molecule has 0 radical (unpaired) electrons. The molecule has 0 atom stereocenters. The summed E-state index contributed by atoms with van der Waals surface area (Å²) in [6.07, 6.45) is 3.22. The molecule has 0 aliphatic heterocycles. The Morgan fingerprint density at radius 3 is 2.86 bits per heavy atom. The summed E-state index contributed by atoms with van der Waals surface area (Å²) >= 11 is 0. The summed E-state index contributed by atoms with van der Waals surface area (Å²) < 4.78 is 6.46. The average Bonchev–Trinajstić information content (AvgIpc) is 2.19. The highest BCUT2D eigenvalue weighted by Crippen LogP contribution is 2.00. The summed E-state index contributed by atoms with van der Waals surface area (Å²) in [6.45, 7) is 7.80. The van der Waals surface area contributed by atoms with E-state index in [0.717, 1.165) is 0 Å². The molecule has 1 rings (SSSR count). The first-order valence-electron chi connectivity index (χ1n) is 4.20. The summed E-state index contributed by atoms with van der Waals surface area (Å²) in [4.78, 5) is 11.2. The van der Waals surface area contributed by atoms with E-state index in [1.165, 1.54) is 16.8 Å². The first-order chi connectivity index (χ1) is 6.77. The van der Waals surface area contributed by atoms with Crippen molar-refractivity contribution in [2.75, 3.05) is 6.61 Å². The zero-order chi connectivity index (χ0) is 10.4.